The Bertz CT molecular complexity index is 967. The first kappa shape index (κ1) is 25.5. The first-order chi connectivity index (χ1) is 15.4. The lowest BCUT2D eigenvalue weighted by molar-refractivity contribution is -0.142. The number of nitrogens with zero attached hydrogens (tertiary/aromatic N) is 2. The van der Waals surface area contributed by atoms with Crippen molar-refractivity contribution in [2.24, 2.45) is 11.8 Å². The predicted molar refractivity (Wildman–Crippen MR) is 116 cm³/mol. The average Bonchev–Trinajstić information content (AvgIpc) is 2.78. The molecule has 0 bridgehead atoms. The van der Waals surface area contributed by atoms with Crippen LogP contribution in [0, 0.1) is 11.8 Å². The van der Waals surface area contributed by atoms with Crippen LogP contribution in [0.5, 0.6) is 0 Å². The molecule has 0 spiro atoms. The van der Waals surface area contributed by atoms with E-state index in [2.05, 4.69) is 11.6 Å². The lowest BCUT2D eigenvalue weighted by Gasteiger charge is -2.37. The van der Waals surface area contributed by atoms with Gasteiger partial charge in [0.05, 0.1) is 16.5 Å². The summed E-state index contributed by atoms with van der Waals surface area (Å²) in [6.07, 6.45) is -1.92. The van der Waals surface area contributed by atoms with E-state index in [0.717, 1.165) is 38.1 Å². The van der Waals surface area contributed by atoms with Gasteiger partial charge >= 0.3 is 6.18 Å². The fourth-order valence-electron chi connectivity index (χ4n) is 4.39. The van der Waals surface area contributed by atoms with Crippen LogP contribution in [0.1, 0.15) is 45.1 Å². The molecule has 1 atom stereocenters. The smallest absolute Gasteiger partial charge is 0.342 e. The molecule has 0 radical (unpaired) electrons. The molecule has 2 fully saturated rings. The minimum atomic E-state index is -4.85. The quantitative estimate of drug-likeness (QED) is 0.689. The Morgan fingerprint density at radius 2 is 1.55 bits per heavy atom. The molecule has 3 rings (SSSR count). The molecule has 2 amide bonds. The van der Waals surface area contributed by atoms with Crippen LogP contribution >= 0.6 is 0 Å². The molecular weight excluding hydrogens is 459 g/mol. The van der Waals surface area contributed by atoms with Crippen molar-refractivity contribution >= 4 is 21.8 Å². The molecular formula is C22H30F3N3O4S. The van der Waals surface area contributed by atoms with Gasteiger partial charge in [-0.05, 0) is 50.7 Å². The van der Waals surface area contributed by atoms with Gasteiger partial charge in [0.15, 0.2) is 0 Å². The van der Waals surface area contributed by atoms with Crippen LogP contribution in [0.25, 0.3) is 0 Å². The van der Waals surface area contributed by atoms with Gasteiger partial charge in [-0.3, -0.25) is 9.59 Å². The number of hydrogen-bond donors (Lipinski definition) is 1. The maximum atomic E-state index is 13.2. The number of amides is 2. The van der Waals surface area contributed by atoms with Gasteiger partial charge in [0.1, 0.15) is 0 Å². The van der Waals surface area contributed by atoms with Crippen LogP contribution in [-0.4, -0.2) is 62.3 Å². The van der Waals surface area contributed by atoms with E-state index in [1.165, 1.54) is 17.9 Å². The lowest BCUT2D eigenvalue weighted by Crippen LogP contribution is -2.51. The van der Waals surface area contributed by atoms with Crippen LogP contribution in [0.15, 0.2) is 29.2 Å². The van der Waals surface area contributed by atoms with E-state index in [9.17, 15) is 31.2 Å². The summed E-state index contributed by atoms with van der Waals surface area (Å²) in [6, 6.07) is 2.60. The number of benzene rings is 1. The molecule has 2 saturated heterocycles. The van der Waals surface area contributed by atoms with E-state index in [4.69, 9.17) is 0 Å². The van der Waals surface area contributed by atoms with Gasteiger partial charge in [-0.25, -0.2) is 8.42 Å². The first-order valence-corrected chi connectivity index (χ1v) is 12.6. The third-order valence-electron chi connectivity index (χ3n) is 6.44. The zero-order valence-electron chi connectivity index (χ0n) is 18.8. The molecule has 0 unspecified atom stereocenters. The van der Waals surface area contributed by atoms with Gasteiger partial charge in [-0.1, -0.05) is 19.1 Å². The topological polar surface area (TPSA) is 86.8 Å². The fourth-order valence-corrected chi connectivity index (χ4v) is 5.81. The lowest BCUT2D eigenvalue weighted by atomic mass is 9.92. The van der Waals surface area contributed by atoms with Gasteiger partial charge in [-0.15, -0.1) is 0 Å². The van der Waals surface area contributed by atoms with Gasteiger partial charge in [-0.2, -0.15) is 17.9 Å². The summed E-state index contributed by atoms with van der Waals surface area (Å²) in [7, 11) is -4.58. The van der Waals surface area contributed by atoms with Crippen LogP contribution in [0.3, 0.4) is 0 Å². The second-order valence-electron chi connectivity index (χ2n) is 8.94. The molecule has 0 saturated carbocycles. The zero-order chi connectivity index (χ0) is 24.4. The Kier molecular flexibility index (Phi) is 7.73. The number of carbonyl (C=O) groups excluding carboxylic acids is 2. The predicted octanol–water partition coefficient (Wildman–Crippen LogP) is 2.87. The molecule has 1 aromatic rings. The maximum absolute atomic E-state index is 13.2. The minimum absolute atomic E-state index is 0.103. The summed E-state index contributed by atoms with van der Waals surface area (Å²) in [6.45, 7) is 5.56. The Balaban J connectivity index is 1.59. The van der Waals surface area contributed by atoms with E-state index in [1.807, 2.05) is 4.90 Å². The molecule has 184 valence electrons. The van der Waals surface area contributed by atoms with Crippen molar-refractivity contribution in [1.82, 2.24) is 14.5 Å². The highest BCUT2D eigenvalue weighted by Crippen LogP contribution is 2.34. The highest BCUT2D eigenvalue weighted by molar-refractivity contribution is 7.89. The molecule has 7 nitrogen and oxygen atoms in total. The number of nitrogens with one attached hydrogen (secondary N) is 1. The summed E-state index contributed by atoms with van der Waals surface area (Å²) >= 11 is 0. The second kappa shape index (κ2) is 10.0. The molecule has 2 heterocycles. The zero-order valence-corrected chi connectivity index (χ0v) is 19.6. The number of likely N-dealkylation sites (tertiary alicyclic amines) is 2. The second-order valence-corrected chi connectivity index (χ2v) is 10.6. The Morgan fingerprint density at radius 3 is 2.12 bits per heavy atom. The average molecular weight is 490 g/mol. The van der Waals surface area contributed by atoms with Crippen molar-refractivity contribution in [1.29, 1.82) is 0 Å². The maximum Gasteiger partial charge on any atom is 0.417 e. The van der Waals surface area contributed by atoms with Crippen molar-refractivity contribution in [2.45, 2.75) is 56.6 Å². The van der Waals surface area contributed by atoms with Crippen molar-refractivity contribution in [2.75, 3.05) is 26.2 Å². The normalized spacial score (nSPS) is 20.0. The Hall–Kier alpha value is -2.14. The number of rotatable bonds is 5. The van der Waals surface area contributed by atoms with Gasteiger partial charge in [0.2, 0.25) is 21.8 Å². The van der Waals surface area contributed by atoms with E-state index < -0.39 is 38.6 Å². The summed E-state index contributed by atoms with van der Waals surface area (Å²) in [5, 5.41) is 0. The first-order valence-electron chi connectivity index (χ1n) is 11.2. The van der Waals surface area contributed by atoms with E-state index in [1.54, 1.807) is 0 Å². The van der Waals surface area contributed by atoms with E-state index in [-0.39, 0.29) is 11.8 Å². The highest BCUT2D eigenvalue weighted by atomic mass is 32.2. The van der Waals surface area contributed by atoms with Crippen molar-refractivity contribution in [3.63, 3.8) is 0 Å². The Morgan fingerprint density at radius 1 is 1.00 bits per heavy atom. The number of carbonyl (C=O) groups is 2. The van der Waals surface area contributed by atoms with Crippen LogP contribution in [0.2, 0.25) is 0 Å². The number of halogens is 3. The van der Waals surface area contributed by atoms with Crippen molar-refractivity contribution < 1.29 is 31.2 Å². The molecule has 2 aliphatic rings. The van der Waals surface area contributed by atoms with Crippen molar-refractivity contribution in [3.05, 3.63) is 29.8 Å². The van der Waals surface area contributed by atoms with Gasteiger partial charge in [0.25, 0.3) is 0 Å². The van der Waals surface area contributed by atoms with Crippen LogP contribution in [0.4, 0.5) is 13.2 Å². The molecule has 0 aliphatic carbocycles. The summed E-state index contributed by atoms with van der Waals surface area (Å²) in [5.74, 6) is 0.0160. The van der Waals surface area contributed by atoms with Crippen LogP contribution in [-0.2, 0) is 25.8 Å². The highest BCUT2D eigenvalue weighted by Gasteiger charge is 2.38. The largest absolute Gasteiger partial charge is 0.417 e. The van der Waals surface area contributed by atoms with Crippen molar-refractivity contribution in [3.8, 4) is 0 Å². The third-order valence-corrected chi connectivity index (χ3v) is 8.03. The molecule has 33 heavy (non-hydrogen) atoms. The third kappa shape index (κ3) is 6.06. The molecule has 0 aromatic heterocycles. The monoisotopic (exact) mass is 489 g/mol. The minimum Gasteiger partial charge on any atom is -0.342 e. The number of piperidine rings is 2. The summed E-state index contributed by atoms with van der Waals surface area (Å²) in [4.78, 5) is 28.0. The Labute approximate surface area is 192 Å². The molecule has 1 N–H and O–H groups in total. The molecule has 1 aromatic carbocycles. The SMILES string of the molecule is CC1CCN(C(=O)C2CCN(C(=O)[C@H](C)NS(=O)(=O)c3ccccc3C(F)(F)F)CC2)CC1. The fraction of sp³-hybridized carbons (Fsp3) is 0.636. The summed E-state index contributed by atoms with van der Waals surface area (Å²) in [5.41, 5.74) is -1.29. The number of sulfonamides is 1. The molecule has 2 aliphatic heterocycles. The summed E-state index contributed by atoms with van der Waals surface area (Å²) < 4.78 is 67.0. The van der Waals surface area contributed by atoms with E-state index in [0.29, 0.717) is 37.9 Å². The van der Waals surface area contributed by atoms with Crippen LogP contribution < -0.4 is 4.72 Å². The van der Waals surface area contributed by atoms with E-state index >= 15 is 0 Å². The standard InChI is InChI=1S/C22H30F3N3O4S/c1-15-7-11-28(12-8-15)21(30)17-9-13-27(14-10-17)20(29)16(2)26-33(31,32)19-6-4-3-5-18(19)22(23,24)25/h3-6,15-17,26H,7-14H2,1-2H3/t16-/m0/s1. The molecule has 11 heteroatoms. The van der Waals surface area contributed by atoms with Gasteiger partial charge < -0.3 is 9.80 Å². The number of alkyl halides is 3. The number of hydrogen-bond acceptors (Lipinski definition) is 4. The van der Waals surface area contributed by atoms with Gasteiger partial charge in [0, 0.05) is 32.1 Å².